The first kappa shape index (κ1) is 21.1. The largest absolute Gasteiger partial charge is 0.450 e. The molecule has 7 heteroatoms. The molecule has 2 unspecified atom stereocenters. The van der Waals surface area contributed by atoms with Crippen molar-refractivity contribution in [3.8, 4) is 0 Å². The molecule has 3 saturated heterocycles. The first-order valence-electron chi connectivity index (χ1n) is 11.2. The predicted molar refractivity (Wildman–Crippen MR) is 113 cm³/mol. The fourth-order valence-corrected chi connectivity index (χ4v) is 5.60. The monoisotopic (exact) mass is 417 g/mol. The van der Waals surface area contributed by atoms with Crippen molar-refractivity contribution in [1.82, 2.24) is 9.80 Å². The van der Waals surface area contributed by atoms with E-state index in [9.17, 15) is 14.0 Å². The summed E-state index contributed by atoms with van der Waals surface area (Å²) in [5, 5.41) is 3.52. The summed E-state index contributed by atoms with van der Waals surface area (Å²) >= 11 is 0. The average Bonchev–Trinajstić information content (AvgIpc) is 3.26. The molecule has 0 spiro atoms. The number of ether oxygens (including phenoxy) is 1. The second-order valence-corrected chi connectivity index (χ2v) is 8.89. The summed E-state index contributed by atoms with van der Waals surface area (Å²) in [5.74, 6) is 0.303. The third-order valence-electron chi connectivity index (χ3n) is 6.83. The van der Waals surface area contributed by atoms with E-state index in [1.807, 2.05) is 11.8 Å². The summed E-state index contributed by atoms with van der Waals surface area (Å²) in [6.45, 7) is 5.34. The second kappa shape index (κ2) is 9.33. The van der Waals surface area contributed by atoms with E-state index in [2.05, 4.69) is 10.2 Å². The van der Waals surface area contributed by atoms with Crippen LogP contribution in [0.5, 0.6) is 0 Å². The molecule has 1 aromatic carbocycles. The molecule has 3 heterocycles. The van der Waals surface area contributed by atoms with Gasteiger partial charge < -0.3 is 24.6 Å². The molecule has 1 amide bonds. The number of hydrogen-bond acceptors (Lipinski definition) is 5. The first-order valence-corrected chi connectivity index (χ1v) is 11.2. The summed E-state index contributed by atoms with van der Waals surface area (Å²) < 4.78 is 18.8. The Balaban J connectivity index is 1.29. The Morgan fingerprint density at radius 1 is 1.27 bits per heavy atom. The summed E-state index contributed by atoms with van der Waals surface area (Å²) in [6, 6.07) is 5.58. The number of piperidine rings is 1. The smallest absolute Gasteiger partial charge is 0.410 e. The van der Waals surface area contributed by atoms with E-state index in [-0.39, 0.29) is 18.3 Å². The topological polar surface area (TPSA) is 61.9 Å². The van der Waals surface area contributed by atoms with Gasteiger partial charge in [0.15, 0.2) is 0 Å². The standard InChI is InChI=1S/C23H32FN3O3/c1-2-30-23(29)27-20-4-5-21(27)12-16(11-20)14-26-9-7-19(15-26)25-22-6-3-18(24)13-17(22)8-10-28/h3,6,10,13,16,19-21,25H,2,4-5,7-9,11-12,14-15H2,1H3/t16?,19-,20?,21?/m0/s1. The van der Waals surface area contributed by atoms with Crippen LogP contribution in [0.1, 0.15) is 44.6 Å². The van der Waals surface area contributed by atoms with E-state index < -0.39 is 0 Å². The molecule has 30 heavy (non-hydrogen) atoms. The van der Waals surface area contributed by atoms with Gasteiger partial charge in [0.05, 0.1) is 6.61 Å². The molecule has 3 aliphatic rings. The number of aldehydes is 1. The van der Waals surface area contributed by atoms with Gasteiger partial charge in [0, 0.05) is 49.9 Å². The minimum absolute atomic E-state index is 0.140. The number of hydrogen-bond donors (Lipinski definition) is 1. The van der Waals surface area contributed by atoms with E-state index >= 15 is 0 Å². The van der Waals surface area contributed by atoms with Crippen molar-refractivity contribution in [2.45, 2.75) is 63.6 Å². The van der Waals surface area contributed by atoms with Crippen LogP contribution in [-0.2, 0) is 16.0 Å². The van der Waals surface area contributed by atoms with Gasteiger partial charge in [0.1, 0.15) is 12.1 Å². The Morgan fingerprint density at radius 2 is 2.03 bits per heavy atom. The van der Waals surface area contributed by atoms with Gasteiger partial charge in [0.2, 0.25) is 0 Å². The molecule has 1 aromatic rings. The maximum Gasteiger partial charge on any atom is 0.410 e. The average molecular weight is 418 g/mol. The molecule has 0 aliphatic carbocycles. The zero-order valence-corrected chi connectivity index (χ0v) is 17.7. The van der Waals surface area contributed by atoms with Crippen LogP contribution in [0.2, 0.25) is 0 Å². The SMILES string of the molecule is CCOC(=O)N1C2CCC1CC(CN1CC[C@H](Nc3ccc(F)cc3CC=O)C1)C2. The maximum absolute atomic E-state index is 13.5. The summed E-state index contributed by atoms with van der Waals surface area (Å²) in [7, 11) is 0. The number of carbonyl (C=O) groups is 2. The van der Waals surface area contributed by atoms with Crippen LogP contribution in [0.3, 0.4) is 0 Å². The number of likely N-dealkylation sites (tertiary alicyclic amines) is 1. The first-order chi connectivity index (χ1) is 14.6. The van der Waals surface area contributed by atoms with Crippen LogP contribution in [-0.4, -0.2) is 66.5 Å². The molecule has 0 aromatic heterocycles. The van der Waals surface area contributed by atoms with Gasteiger partial charge >= 0.3 is 6.09 Å². The highest BCUT2D eigenvalue weighted by Crippen LogP contribution is 2.39. The minimum atomic E-state index is -0.311. The zero-order valence-electron chi connectivity index (χ0n) is 17.7. The van der Waals surface area contributed by atoms with E-state index in [0.29, 0.717) is 36.2 Å². The van der Waals surface area contributed by atoms with Crippen LogP contribution >= 0.6 is 0 Å². The van der Waals surface area contributed by atoms with E-state index in [1.165, 1.54) is 12.1 Å². The van der Waals surface area contributed by atoms with Gasteiger partial charge in [0.25, 0.3) is 0 Å². The fourth-order valence-electron chi connectivity index (χ4n) is 5.60. The Bertz CT molecular complexity index is 760. The van der Waals surface area contributed by atoms with E-state index in [4.69, 9.17) is 4.74 Å². The van der Waals surface area contributed by atoms with Gasteiger partial charge in [-0.05, 0) is 68.7 Å². The molecule has 2 bridgehead atoms. The molecule has 6 nitrogen and oxygen atoms in total. The van der Waals surface area contributed by atoms with Gasteiger partial charge in [-0.15, -0.1) is 0 Å². The minimum Gasteiger partial charge on any atom is -0.450 e. The third kappa shape index (κ3) is 4.61. The number of anilines is 1. The van der Waals surface area contributed by atoms with Crippen molar-refractivity contribution in [3.05, 3.63) is 29.6 Å². The summed E-state index contributed by atoms with van der Waals surface area (Å²) in [4.78, 5) is 27.7. The summed E-state index contributed by atoms with van der Waals surface area (Å²) in [6.07, 6.45) is 6.24. The highest BCUT2D eigenvalue weighted by atomic mass is 19.1. The highest BCUT2D eigenvalue weighted by Gasteiger charge is 2.44. The van der Waals surface area contributed by atoms with E-state index in [1.54, 1.807) is 6.07 Å². The number of nitrogens with one attached hydrogen (secondary N) is 1. The lowest BCUT2D eigenvalue weighted by Crippen LogP contribution is -2.48. The fraction of sp³-hybridized carbons (Fsp3) is 0.652. The maximum atomic E-state index is 13.5. The number of fused-ring (bicyclic) bond motifs is 2. The van der Waals surface area contributed by atoms with Crippen molar-refractivity contribution in [2.24, 2.45) is 5.92 Å². The number of carbonyl (C=O) groups excluding carboxylic acids is 2. The lowest BCUT2D eigenvalue weighted by molar-refractivity contribution is -0.107. The van der Waals surface area contributed by atoms with Crippen LogP contribution in [0.4, 0.5) is 14.9 Å². The molecule has 3 aliphatic heterocycles. The highest BCUT2D eigenvalue weighted by molar-refractivity contribution is 5.69. The Morgan fingerprint density at radius 3 is 2.73 bits per heavy atom. The van der Waals surface area contributed by atoms with Crippen molar-refractivity contribution in [2.75, 3.05) is 31.6 Å². The lowest BCUT2D eigenvalue weighted by Gasteiger charge is -2.39. The Hall–Kier alpha value is -2.15. The molecule has 3 fully saturated rings. The van der Waals surface area contributed by atoms with Crippen LogP contribution in [0.25, 0.3) is 0 Å². The number of nitrogens with zero attached hydrogens (tertiary/aromatic N) is 2. The Labute approximate surface area is 177 Å². The van der Waals surface area contributed by atoms with Crippen molar-refractivity contribution in [1.29, 1.82) is 0 Å². The van der Waals surface area contributed by atoms with Crippen molar-refractivity contribution < 1.29 is 18.7 Å². The van der Waals surface area contributed by atoms with Crippen LogP contribution < -0.4 is 5.32 Å². The normalized spacial score (nSPS) is 28.5. The molecule has 4 rings (SSSR count). The van der Waals surface area contributed by atoms with Crippen molar-refractivity contribution in [3.63, 3.8) is 0 Å². The van der Waals surface area contributed by atoms with Crippen LogP contribution in [0.15, 0.2) is 18.2 Å². The molecule has 0 radical (unpaired) electrons. The van der Waals surface area contributed by atoms with Gasteiger partial charge in [-0.3, -0.25) is 0 Å². The number of halogens is 1. The quantitative estimate of drug-likeness (QED) is 0.689. The van der Waals surface area contributed by atoms with Crippen molar-refractivity contribution >= 4 is 18.1 Å². The molecular weight excluding hydrogens is 385 g/mol. The molecule has 164 valence electrons. The summed E-state index contributed by atoms with van der Waals surface area (Å²) in [5.41, 5.74) is 1.57. The third-order valence-corrected chi connectivity index (χ3v) is 6.83. The molecule has 0 saturated carbocycles. The van der Waals surface area contributed by atoms with E-state index in [0.717, 1.165) is 63.7 Å². The lowest BCUT2D eigenvalue weighted by atomic mass is 9.90. The molecule has 1 N–H and O–H groups in total. The van der Waals surface area contributed by atoms with Gasteiger partial charge in [-0.1, -0.05) is 0 Å². The van der Waals surface area contributed by atoms with Crippen LogP contribution in [0, 0.1) is 11.7 Å². The zero-order chi connectivity index (χ0) is 21.1. The Kier molecular flexibility index (Phi) is 6.56. The second-order valence-electron chi connectivity index (χ2n) is 8.89. The predicted octanol–water partition coefficient (Wildman–Crippen LogP) is 3.45. The number of amides is 1. The number of benzene rings is 1. The molecular formula is C23H32FN3O3. The number of rotatable bonds is 7. The van der Waals surface area contributed by atoms with Gasteiger partial charge in [-0.25, -0.2) is 9.18 Å². The molecule has 3 atom stereocenters. The van der Waals surface area contributed by atoms with Gasteiger partial charge in [-0.2, -0.15) is 0 Å².